The highest BCUT2D eigenvalue weighted by molar-refractivity contribution is 7.91. The molecule has 1 aromatic heterocycles. The zero-order valence-corrected chi connectivity index (χ0v) is 25.1. The molecular weight excluding hydrogens is 623 g/mol. The van der Waals surface area contributed by atoms with Gasteiger partial charge in [0.05, 0.1) is 47.0 Å². The Morgan fingerprint density at radius 1 is 1.14 bits per heavy atom. The largest absolute Gasteiger partial charge is 0.495 e. The Bertz CT molecular complexity index is 1830. The Morgan fingerprint density at radius 2 is 1.91 bits per heavy atom. The summed E-state index contributed by atoms with van der Waals surface area (Å²) >= 11 is 0. The molecule has 0 radical (unpaired) electrons. The molecule has 3 aromatic rings. The number of hydrogen-bond donors (Lipinski definition) is 4. The van der Waals surface area contributed by atoms with Gasteiger partial charge in [0.1, 0.15) is 34.6 Å². The van der Waals surface area contributed by atoms with Crippen molar-refractivity contribution in [1.29, 1.82) is 0 Å². The molecule has 1 fully saturated rings. The van der Waals surface area contributed by atoms with E-state index in [1.165, 1.54) is 37.6 Å². The molecule has 44 heavy (non-hydrogen) atoms. The van der Waals surface area contributed by atoms with Gasteiger partial charge in [0, 0.05) is 23.2 Å². The predicted octanol–water partition coefficient (Wildman–Crippen LogP) is 3.32. The molecular formula is C28H30F3N5O6S2. The van der Waals surface area contributed by atoms with E-state index in [-0.39, 0.29) is 40.4 Å². The Kier molecular flexibility index (Phi) is 9.02. The van der Waals surface area contributed by atoms with Crippen LogP contribution in [0.2, 0.25) is 0 Å². The maximum atomic E-state index is 13.6. The van der Waals surface area contributed by atoms with Crippen molar-refractivity contribution in [2.45, 2.75) is 42.7 Å². The average molecular weight is 654 g/mol. The summed E-state index contributed by atoms with van der Waals surface area (Å²) < 4.78 is 98.6. The van der Waals surface area contributed by atoms with Gasteiger partial charge in [0.2, 0.25) is 10.0 Å². The molecule has 0 aliphatic carbocycles. The van der Waals surface area contributed by atoms with Crippen LogP contribution in [0.5, 0.6) is 5.75 Å². The number of halogens is 3. The maximum absolute atomic E-state index is 13.6. The summed E-state index contributed by atoms with van der Waals surface area (Å²) in [6, 6.07) is 10.7. The van der Waals surface area contributed by atoms with Crippen molar-refractivity contribution in [1.82, 2.24) is 14.8 Å². The molecule has 2 aliphatic heterocycles. The topological polar surface area (TPSA) is 140 Å². The Morgan fingerprint density at radius 3 is 2.59 bits per heavy atom. The van der Waals surface area contributed by atoms with Gasteiger partial charge in [-0.3, -0.25) is 0 Å². The summed E-state index contributed by atoms with van der Waals surface area (Å²) in [6.45, 7) is -1.22. The van der Waals surface area contributed by atoms with Crippen molar-refractivity contribution in [3.63, 3.8) is 0 Å². The van der Waals surface area contributed by atoms with Crippen LogP contribution in [0.15, 0.2) is 59.7 Å². The molecule has 2 aromatic carbocycles. The molecule has 16 heteroatoms. The van der Waals surface area contributed by atoms with Gasteiger partial charge in [-0.15, -0.1) is 5.48 Å². The van der Waals surface area contributed by atoms with Crippen LogP contribution in [0.4, 0.5) is 24.5 Å². The van der Waals surface area contributed by atoms with E-state index in [2.05, 4.69) is 32.7 Å². The summed E-state index contributed by atoms with van der Waals surface area (Å²) in [4.78, 5) is 4.75. The van der Waals surface area contributed by atoms with E-state index in [1.807, 2.05) is 0 Å². The van der Waals surface area contributed by atoms with Crippen LogP contribution < -0.4 is 25.6 Å². The van der Waals surface area contributed by atoms with Crippen LogP contribution in [-0.2, 0) is 31.2 Å². The third kappa shape index (κ3) is 7.59. The fourth-order valence-electron chi connectivity index (χ4n) is 4.95. The molecule has 11 nitrogen and oxygen atoms in total. The van der Waals surface area contributed by atoms with Crippen LogP contribution in [0.1, 0.15) is 18.5 Å². The number of fused-ring (bicyclic) bond motifs is 1. The van der Waals surface area contributed by atoms with Gasteiger partial charge < -0.3 is 24.8 Å². The average Bonchev–Trinajstić information content (AvgIpc) is 3.59. The highest BCUT2D eigenvalue weighted by atomic mass is 32.2. The first-order valence-electron chi connectivity index (χ1n) is 13.5. The summed E-state index contributed by atoms with van der Waals surface area (Å²) in [5, 5.41) is 6.86. The number of methoxy groups -OCH3 is 1. The molecule has 0 spiro atoms. The third-order valence-electron chi connectivity index (χ3n) is 7.08. The van der Waals surface area contributed by atoms with Crippen LogP contribution in [-0.4, -0.2) is 64.9 Å². The number of anilines is 2. The van der Waals surface area contributed by atoms with E-state index in [1.54, 1.807) is 24.3 Å². The number of nitrogens with zero attached hydrogens (tertiary/aromatic N) is 1. The molecule has 0 bridgehead atoms. The van der Waals surface area contributed by atoms with Crippen LogP contribution in [0, 0.1) is 11.8 Å². The molecule has 1 saturated heterocycles. The minimum Gasteiger partial charge on any atom is -0.495 e. The zero-order valence-electron chi connectivity index (χ0n) is 23.4. The minimum absolute atomic E-state index is 0.0179. The number of sulfone groups is 1. The first-order valence-corrected chi connectivity index (χ1v) is 16.8. The van der Waals surface area contributed by atoms with Crippen molar-refractivity contribution >= 4 is 42.1 Å². The summed E-state index contributed by atoms with van der Waals surface area (Å²) in [5.41, 5.74) is 4.00. The van der Waals surface area contributed by atoms with Crippen LogP contribution in [0.3, 0.4) is 0 Å². The number of rotatable bonds is 9. The molecule has 1 unspecified atom stereocenters. The molecule has 0 amide bonds. The normalized spacial score (nSPS) is 18.4. The number of alkyl halides is 3. The Labute approximate surface area is 252 Å². The van der Waals surface area contributed by atoms with Crippen molar-refractivity contribution in [2.75, 3.05) is 35.8 Å². The fraction of sp³-hybridized carbons (Fsp3) is 0.357. The second-order valence-electron chi connectivity index (χ2n) is 10.2. The van der Waals surface area contributed by atoms with Gasteiger partial charge in [-0.25, -0.2) is 16.8 Å². The summed E-state index contributed by atoms with van der Waals surface area (Å²) in [5.74, 6) is 6.00. The standard InChI is InChI=1S/C28H30F3N5O6S2/c1-41-26-17-21(44(39,40)35-27-9-13-42-34-27)7-8-24(26)32-12-3-4-20-16-22-23(33-19-10-14-43(37,38)15-11-19)5-2-6-25(22)36(20)18-28(29,30)31/h2,5-9,13,16-17,19,27,32-35H,10-12,14-15,18H2,1H3. The van der Waals surface area contributed by atoms with Crippen molar-refractivity contribution in [3.8, 4) is 17.6 Å². The van der Waals surface area contributed by atoms with E-state index in [0.29, 0.717) is 35.1 Å². The first kappa shape index (κ1) is 31.5. The number of sulfonamides is 1. The summed E-state index contributed by atoms with van der Waals surface area (Å²) in [7, 11) is -5.60. The highest BCUT2D eigenvalue weighted by Gasteiger charge is 2.30. The van der Waals surface area contributed by atoms with Gasteiger partial charge in [-0.1, -0.05) is 12.0 Å². The number of nitrogens with one attached hydrogen (secondary N) is 4. The van der Waals surface area contributed by atoms with E-state index >= 15 is 0 Å². The molecule has 4 N–H and O–H groups in total. The minimum atomic E-state index is -4.50. The third-order valence-corrected chi connectivity index (χ3v) is 10.2. The monoisotopic (exact) mass is 653 g/mol. The lowest BCUT2D eigenvalue weighted by molar-refractivity contribution is -0.140. The second kappa shape index (κ2) is 12.6. The number of ether oxygens (including phenoxy) is 1. The van der Waals surface area contributed by atoms with E-state index in [4.69, 9.17) is 9.57 Å². The Balaban J connectivity index is 1.35. The van der Waals surface area contributed by atoms with Gasteiger partial charge >= 0.3 is 6.18 Å². The van der Waals surface area contributed by atoms with Crippen molar-refractivity contribution < 1.29 is 39.6 Å². The second-order valence-corrected chi connectivity index (χ2v) is 14.2. The number of hydroxylamine groups is 1. The van der Waals surface area contributed by atoms with E-state index in [9.17, 15) is 30.0 Å². The Hall–Kier alpha value is -3.91. The van der Waals surface area contributed by atoms with Crippen molar-refractivity contribution in [2.24, 2.45) is 0 Å². The predicted molar refractivity (Wildman–Crippen MR) is 159 cm³/mol. The smallest absolute Gasteiger partial charge is 0.406 e. The van der Waals surface area contributed by atoms with Crippen LogP contribution >= 0.6 is 0 Å². The van der Waals surface area contributed by atoms with Crippen LogP contribution in [0.25, 0.3) is 10.9 Å². The quantitative estimate of drug-likeness (QED) is 0.256. The van der Waals surface area contributed by atoms with Gasteiger partial charge in [0.15, 0.2) is 0 Å². The first-order chi connectivity index (χ1) is 20.8. The molecule has 2 aliphatic rings. The zero-order chi connectivity index (χ0) is 31.5. The number of benzene rings is 2. The van der Waals surface area contributed by atoms with Gasteiger partial charge in [-0.05, 0) is 55.2 Å². The van der Waals surface area contributed by atoms with Crippen molar-refractivity contribution in [3.05, 3.63) is 60.5 Å². The van der Waals surface area contributed by atoms with Gasteiger partial charge in [0.25, 0.3) is 0 Å². The SMILES string of the molecule is COc1cc(S(=O)(=O)NC2C=CON2)ccc1NCC#Cc1cc2c(NC3CCS(=O)(=O)CC3)cccc2n1CC(F)(F)F. The van der Waals surface area contributed by atoms with E-state index in [0.717, 1.165) is 4.57 Å². The molecule has 3 heterocycles. The van der Waals surface area contributed by atoms with E-state index < -0.39 is 38.7 Å². The van der Waals surface area contributed by atoms with Gasteiger partial charge in [-0.2, -0.15) is 17.9 Å². The highest BCUT2D eigenvalue weighted by Crippen LogP contribution is 2.32. The summed E-state index contributed by atoms with van der Waals surface area (Å²) in [6.07, 6.45) is -1.60. The molecule has 1 atom stereocenters. The molecule has 236 valence electrons. The maximum Gasteiger partial charge on any atom is 0.406 e. The lowest BCUT2D eigenvalue weighted by atomic mass is 10.1. The molecule has 5 rings (SSSR count). The number of hydrogen-bond acceptors (Lipinski definition) is 9. The lowest BCUT2D eigenvalue weighted by Gasteiger charge is -2.24. The molecule has 0 saturated carbocycles. The number of aromatic nitrogens is 1. The lowest BCUT2D eigenvalue weighted by Crippen LogP contribution is -2.40. The fourth-order valence-corrected chi connectivity index (χ4v) is 7.54.